The van der Waals surface area contributed by atoms with Gasteiger partial charge in [-0.1, -0.05) is 48.5 Å². The summed E-state index contributed by atoms with van der Waals surface area (Å²) in [7, 11) is 0. The highest BCUT2D eigenvalue weighted by molar-refractivity contribution is 5.94. The van der Waals surface area contributed by atoms with Gasteiger partial charge in [-0.15, -0.1) is 0 Å². The van der Waals surface area contributed by atoms with E-state index in [1.54, 1.807) is 24.3 Å². The highest BCUT2D eigenvalue weighted by atomic mass is 16.2. The molecule has 3 rings (SSSR count). The standard InChI is InChI=1S/C18H16N4O3/c23-16(21-18(25)19-10-13-6-2-1-3-7-13)12-22-17(24)15-9-5-4-8-14(15)11-20-22/h1-9,11H,10,12H2,(H2,19,21,23,25). The molecule has 0 fully saturated rings. The van der Waals surface area contributed by atoms with E-state index in [1.807, 2.05) is 30.3 Å². The molecular formula is C18H16N4O3. The summed E-state index contributed by atoms with van der Waals surface area (Å²) >= 11 is 0. The molecule has 7 heteroatoms. The minimum atomic E-state index is -0.623. The van der Waals surface area contributed by atoms with E-state index in [-0.39, 0.29) is 12.1 Å². The smallest absolute Gasteiger partial charge is 0.321 e. The van der Waals surface area contributed by atoms with Crippen molar-refractivity contribution in [3.8, 4) is 0 Å². The van der Waals surface area contributed by atoms with Crippen molar-refractivity contribution in [3.05, 3.63) is 76.7 Å². The minimum Gasteiger partial charge on any atom is -0.334 e. The zero-order chi connectivity index (χ0) is 17.6. The van der Waals surface area contributed by atoms with Gasteiger partial charge in [0.05, 0.1) is 11.6 Å². The number of rotatable bonds is 4. The molecule has 0 saturated heterocycles. The molecule has 0 spiro atoms. The summed E-state index contributed by atoms with van der Waals surface area (Å²) in [6.07, 6.45) is 1.51. The van der Waals surface area contributed by atoms with Gasteiger partial charge in [0.15, 0.2) is 0 Å². The number of hydrogen-bond acceptors (Lipinski definition) is 4. The van der Waals surface area contributed by atoms with E-state index in [0.29, 0.717) is 17.3 Å². The Hall–Kier alpha value is -3.48. The number of nitrogens with one attached hydrogen (secondary N) is 2. The number of benzene rings is 2. The highest BCUT2D eigenvalue weighted by Gasteiger charge is 2.11. The van der Waals surface area contributed by atoms with E-state index in [9.17, 15) is 14.4 Å². The normalized spacial score (nSPS) is 10.4. The van der Waals surface area contributed by atoms with Crippen LogP contribution in [-0.2, 0) is 17.9 Å². The molecule has 0 aliphatic heterocycles. The molecule has 0 radical (unpaired) electrons. The summed E-state index contributed by atoms with van der Waals surface area (Å²) in [5.41, 5.74) is 0.537. The Labute approximate surface area is 143 Å². The van der Waals surface area contributed by atoms with Crippen LogP contribution in [0.1, 0.15) is 5.56 Å². The summed E-state index contributed by atoms with van der Waals surface area (Å²) in [6.45, 7) is -0.0312. The van der Waals surface area contributed by atoms with E-state index in [4.69, 9.17) is 0 Å². The maximum absolute atomic E-state index is 12.3. The van der Waals surface area contributed by atoms with Gasteiger partial charge >= 0.3 is 6.03 Å². The van der Waals surface area contributed by atoms with Gasteiger partial charge < -0.3 is 5.32 Å². The summed E-state index contributed by atoms with van der Waals surface area (Å²) in [5, 5.41) is 9.90. The summed E-state index contributed by atoms with van der Waals surface area (Å²) < 4.78 is 1.03. The Morgan fingerprint density at radius 2 is 1.72 bits per heavy atom. The summed E-state index contributed by atoms with van der Waals surface area (Å²) in [5.74, 6) is -0.615. The molecule has 1 heterocycles. The number of carbonyl (C=O) groups excluding carboxylic acids is 2. The van der Waals surface area contributed by atoms with Crippen LogP contribution in [0.15, 0.2) is 65.6 Å². The van der Waals surface area contributed by atoms with Gasteiger partial charge in [0.1, 0.15) is 6.54 Å². The molecule has 0 atom stereocenters. The lowest BCUT2D eigenvalue weighted by Gasteiger charge is -2.08. The van der Waals surface area contributed by atoms with E-state index >= 15 is 0 Å². The molecule has 2 N–H and O–H groups in total. The lowest BCUT2D eigenvalue weighted by Crippen LogP contribution is -2.42. The molecule has 0 unspecified atom stereocenters. The van der Waals surface area contributed by atoms with Gasteiger partial charge in [-0.05, 0) is 11.6 Å². The fourth-order valence-electron chi connectivity index (χ4n) is 2.36. The van der Waals surface area contributed by atoms with Crippen molar-refractivity contribution >= 4 is 22.7 Å². The molecule has 126 valence electrons. The molecule has 0 aliphatic carbocycles. The van der Waals surface area contributed by atoms with Gasteiger partial charge in [-0.2, -0.15) is 5.10 Å². The van der Waals surface area contributed by atoms with Crippen LogP contribution in [0.25, 0.3) is 10.8 Å². The quantitative estimate of drug-likeness (QED) is 0.753. The fraction of sp³-hybridized carbons (Fsp3) is 0.111. The maximum atomic E-state index is 12.3. The predicted molar refractivity (Wildman–Crippen MR) is 92.8 cm³/mol. The van der Waals surface area contributed by atoms with Crippen LogP contribution < -0.4 is 16.2 Å². The van der Waals surface area contributed by atoms with Gasteiger partial charge in [-0.3, -0.25) is 14.9 Å². The van der Waals surface area contributed by atoms with Gasteiger partial charge in [0, 0.05) is 11.9 Å². The van der Waals surface area contributed by atoms with E-state index < -0.39 is 11.9 Å². The van der Waals surface area contributed by atoms with Crippen molar-refractivity contribution in [2.24, 2.45) is 0 Å². The van der Waals surface area contributed by atoms with E-state index in [1.165, 1.54) is 6.20 Å². The number of fused-ring (bicyclic) bond motifs is 1. The third kappa shape index (κ3) is 4.08. The molecule has 0 bridgehead atoms. The lowest BCUT2D eigenvalue weighted by molar-refractivity contribution is -0.120. The van der Waals surface area contributed by atoms with Crippen LogP contribution in [0.5, 0.6) is 0 Å². The molecule has 3 aromatic rings. The Balaban J connectivity index is 1.60. The van der Waals surface area contributed by atoms with Gasteiger partial charge in [-0.25, -0.2) is 9.48 Å². The van der Waals surface area contributed by atoms with Crippen LogP contribution in [0, 0.1) is 0 Å². The van der Waals surface area contributed by atoms with Crippen LogP contribution in [-0.4, -0.2) is 21.7 Å². The number of imide groups is 1. The number of carbonyl (C=O) groups is 2. The molecule has 7 nitrogen and oxygen atoms in total. The molecule has 3 amide bonds. The first-order valence-corrected chi connectivity index (χ1v) is 7.70. The molecule has 2 aromatic carbocycles. The Bertz CT molecular complexity index is 967. The van der Waals surface area contributed by atoms with Crippen LogP contribution in [0.2, 0.25) is 0 Å². The Morgan fingerprint density at radius 1 is 1.00 bits per heavy atom. The third-order valence-electron chi connectivity index (χ3n) is 3.60. The first kappa shape index (κ1) is 16.4. The van der Waals surface area contributed by atoms with E-state index in [2.05, 4.69) is 15.7 Å². The van der Waals surface area contributed by atoms with Gasteiger partial charge in [0.25, 0.3) is 5.56 Å². The predicted octanol–water partition coefficient (Wildman–Crippen LogP) is 1.42. The second-order valence-corrected chi connectivity index (χ2v) is 5.41. The van der Waals surface area contributed by atoms with Gasteiger partial charge in [0.2, 0.25) is 5.91 Å². The molecule has 0 saturated carbocycles. The highest BCUT2D eigenvalue weighted by Crippen LogP contribution is 2.06. The third-order valence-corrected chi connectivity index (χ3v) is 3.60. The largest absolute Gasteiger partial charge is 0.334 e. The molecular weight excluding hydrogens is 320 g/mol. The number of amides is 3. The molecule has 25 heavy (non-hydrogen) atoms. The topological polar surface area (TPSA) is 93.1 Å². The van der Waals surface area contributed by atoms with Crippen molar-refractivity contribution in [1.82, 2.24) is 20.4 Å². The lowest BCUT2D eigenvalue weighted by atomic mass is 10.2. The zero-order valence-electron chi connectivity index (χ0n) is 13.3. The first-order valence-electron chi connectivity index (χ1n) is 7.70. The molecule has 0 aliphatic rings. The first-order chi connectivity index (χ1) is 12.1. The maximum Gasteiger partial charge on any atom is 0.321 e. The zero-order valence-corrected chi connectivity index (χ0v) is 13.3. The minimum absolute atomic E-state index is 0.300. The fourth-order valence-corrected chi connectivity index (χ4v) is 2.36. The number of hydrogen-bond donors (Lipinski definition) is 2. The van der Waals surface area contributed by atoms with Crippen LogP contribution in [0.4, 0.5) is 4.79 Å². The monoisotopic (exact) mass is 336 g/mol. The van der Waals surface area contributed by atoms with Crippen molar-refractivity contribution in [2.75, 3.05) is 0 Å². The van der Waals surface area contributed by atoms with Crippen molar-refractivity contribution in [2.45, 2.75) is 13.1 Å². The van der Waals surface area contributed by atoms with Crippen molar-refractivity contribution < 1.29 is 9.59 Å². The second-order valence-electron chi connectivity index (χ2n) is 5.41. The Kier molecular flexibility index (Phi) is 4.84. The summed E-state index contributed by atoms with van der Waals surface area (Å²) in [6, 6.07) is 15.7. The average molecular weight is 336 g/mol. The number of urea groups is 1. The number of aromatic nitrogens is 2. The van der Waals surface area contributed by atoms with Crippen molar-refractivity contribution in [3.63, 3.8) is 0 Å². The van der Waals surface area contributed by atoms with Crippen molar-refractivity contribution in [1.29, 1.82) is 0 Å². The van der Waals surface area contributed by atoms with E-state index in [0.717, 1.165) is 10.2 Å². The summed E-state index contributed by atoms with van der Waals surface area (Å²) in [4.78, 5) is 36.0. The second kappa shape index (κ2) is 7.39. The van der Waals surface area contributed by atoms with Crippen LogP contribution in [0.3, 0.4) is 0 Å². The number of nitrogens with zero attached hydrogens (tertiary/aromatic N) is 2. The van der Waals surface area contributed by atoms with Crippen LogP contribution >= 0.6 is 0 Å². The molecule has 1 aromatic heterocycles. The Morgan fingerprint density at radius 3 is 2.52 bits per heavy atom. The average Bonchev–Trinajstić information content (AvgIpc) is 2.63. The SMILES string of the molecule is O=C(Cn1ncc2ccccc2c1=O)NC(=O)NCc1ccccc1.